The lowest BCUT2D eigenvalue weighted by atomic mass is 9.60. The number of hydrogen-bond donors (Lipinski definition) is 1. The number of benzene rings is 1. The number of carbonyl (C=O) groups excluding carboxylic acids is 1. The van der Waals surface area contributed by atoms with E-state index in [0.29, 0.717) is 51.7 Å². The van der Waals surface area contributed by atoms with Crippen molar-refractivity contribution >= 4 is 11.6 Å². The van der Waals surface area contributed by atoms with Crippen molar-refractivity contribution in [2.45, 2.75) is 55.8 Å². The summed E-state index contributed by atoms with van der Waals surface area (Å²) in [6.45, 7) is -1.36. The third kappa shape index (κ3) is 3.43. The Hall–Kier alpha value is -4.50. The molecule has 0 radical (unpaired) electrons. The molecule has 7 rings (SSSR count). The summed E-state index contributed by atoms with van der Waals surface area (Å²) in [4.78, 5) is 28.5. The van der Waals surface area contributed by atoms with Gasteiger partial charge in [0.25, 0.3) is 5.91 Å². The Kier molecular flexibility index (Phi) is 5.06. The van der Waals surface area contributed by atoms with Crippen LogP contribution in [0.15, 0.2) is 42.7 Å². The van der Waals surface area contributed by atoms with Gasteiger partial charge in [-0.1, -0.05) is 6.07 Å². The molecule has 1 N–H and O–H groups in total. The van der Waals surface area contributed by atoms with E-state index in [9.17, 15) is 23.9 Å². The molecule has 1 aliphatic heterocycles. The van der Waals surface area contributed by atoms with Crippen molar-refractivity contribution in [1.82, 2.24) is 29.5 Å². The van der Waals surface area contributed by atoms with E-state index in [2.05, 4.69) is 16.0 Å². The molecule has 2 unspecified atom stereocenters. The summed E-state index contributed by atoms with van der Waals surface area (Å²) < 4.78 is 33.2. The van der Waals surface area contributed by atoms with Crippen molar-refractivity contribution in [3.8, 4) is 23.1 Å². The van der Waals surface area contributed by atoms with Crippen LogP contribution in [-0.2, 0) is 5.41 Å². The van der Waals surface area contributed by atoms with Crippen LogP contribution in [0, 0.1) is 11.3 Å². The molecule has 1 saturated carbocycles. The van der Waals surface area contributed by atoms with Crippen LogP contribution < -0.4 is 4.74 Å². The maximum Gasteiger partial charge on any atom is 0.387 e. The lowest BCUT2D eigenvalue weighted by Crippen LogP contribution is -2.52. The summed E-state index contributed by atoms with van der Waals surface area (Å²) in [5, 5.41) is 24.7. The van der Waals surface area contributed by atoms with E-state index in [1.54, 1.807) is 54.0 Å². The monoisotopic (exact) mass is 543 g/mol. The van der Waals surface area contributed by atoms with Gasteiger partial charge in [0.15, 0.2) is 5.65 Å². The zero-order valence-electron chi connectivity index (χ0n) is 21.5. The molecule has 10 nitrogen and oxygen atoms in total. The number of ether oxygens (including phenoxy) is 1. The van der Waals surface area contributed by atoms with Gasteiger partial charge in [0.2, 0.25) is 0 Å². The van der Waals surface area contributed by atoms with Crippen molar-refractivity contribution in [1.29, 1.82) is 5.26 Å². The van der Waals surface area contributed by atoms with E-state index in [1.165, 1.54) is 12.1 Å². The van der Waals surface area contributed by atoms with Gasteiger partial charge < -0.3 is 14.7 Å². The fourth-order valence-electron chi connectivity index (χ4n) is 6.60. The van der Waals surface area contributed by atoms with Gasteiger partial charge in [-0.3, -0.25) is 4.79 Å². The number of nitriles is 1. The third-order valence-electron chi connectivity index (χ3n) is 8.25. The Bertz CT molecular complexity index is 1740. The molecule has 1 fully saturated rings. The van der Waals surface area contributed by atoms with Crippen LogP contribution >= 0.6 is 0 Å². The Morgan fingerprint density at radius 2 is 1.95 bits per heavy atom. The molecule has 3 aromatic heterocycles. The quantitative estimate of drug-likeness (QED) is 0.412. The topological polar surface area (TPSA) is 130 Å². The number of nitrogens with zero attached hydrogens (tertiary/aromatic N) is 7. The van der Waals surface area contributed by atoms with E-state index in [0.717, 1.165) is 0 Å². The van der Waals surface area contributed by atoms with Gasteiger partial charge in [0.1, 0.15) is 17.0 Å². The normalized spacial score (nSPS) is 26.7. The number of aromatic nitrogens is 5. The van der Waals surface area contributed by atoms with E-state index in [-0.39, 0.29) is 30.5 Å². The van der Waals surface area contributed by atoms with Crippen LogP contribution in [0.1, 0.15) is 71.3 Å². The molecule has 2 aliphatic carbocycles. The summed E-state index contributed by atoms with van der Waals surface area (Å²) in [5.74, 6) is -0.406. The number of amides is 1. The van der Waals surface area contributed by atoms with Gasteiger partial charge in [0.05, 0.1) is 34.8 Å². The van der Waals surface area contributed by atoms with Crippen LogP contribution in [0.5, 0.6) is 5.75 Å². The second kappa shape index (κ2) is 8.25. The zero-order chi connectivity index (χ0) is 28.0. The van der Waals surface area contributed by atoms with Crippen LogP contribution in [0.3, 0.4) is 0 Å². The minimum absolute atomic E-state index is 0.0377. The number of aliphatic hydroxyl groups is 1. The summed E-state index contributed by atoms with van der Waals surface area (Å²) >= 11 is 0. The molecule has 0 saturated heterocycles. The first-order chi connectivity index (χ1) is 19.1. The first kappa shape index (κ1) is 24.5. The van der Waals surface area contributed by atoms with Crippen molar-refractivity contribution in [2.75, 3.05) is 7.05 Å². The van der Waals surface area contributed by atoms with E-state index >= 15 is 0 Å². The molecule has 202 valence electrons. The minimum atomic E-state index is -3.04. The molecular weight excluding hydrogens is 520 g/mol. The molecule has 1 aromatic carbocycles. The third-order valence-corrected chi connectivity index (χ3v) is 8.25. The highest BCUT2D eigenvalue weighted by Gasteiger charge is 2.54. The fraction of sp³-hybridized carbons (Fsp3) is 0.357. The molecule has 1 amide bonds. The number of halogens is 2. The smallest absolute Gasteiger partial charge is 0.387 e. The van der Waals surface area contributed by atoms with E-state index in [1.807, 2.05) is 0 Å². The number of alkyl halides is 2. The largest absolute Gasteiger partial charge is 0.434 e. The maximum atomic E-state index is 13.3. The van der Waals surface area contributed by atoms with Gasteiger partial charge in [0, 0.05) is 54.9 Å². The average Bonchev–Trinajstić information content (AvgIpc) is 3.44. The Morgan fingerprint density at radius 3 is 2.62 bits per heavy atom. The lowest BCUT2D eigenvalue weighted by Gasteiger charge is -2.45. The van der Waals surface area contributed by atoms with Crippen molar-refractivity contribution in [3.63, 3.8) is 0 Å². The standard InChI is InChI=1S/C28H23F2N7O3/c1-27(39)11-28(12-27,13-31)25-32-9-14(10-33-25)17-6-7-20-34-22-18-8-16(23(22)37(20)35-17)21-15(24(38)36(18)2)4-3-5-19(21)40-26(29)30/h3-7,9-10,16,18,26,39H,8,11-12H2,1-2H3. The highest BCUT2D eigenvalue weighted by molar-refractivity contribution is 5.98. The molecule has 4 aromatic rings. The maximum absolute atomic E-state index is 13.3. The first-order valence-electron chi connectivity index (χ1n) is 12.8. The fourth-order valence-corrected chi connectivity index (χ4v) is 6.60. The van der Waals surface area contributed by atoms with Gasteiger partial charge in [-0.25, -0.2) is 19.5 Å². The van der Waals surface area contributed by atoms with E-state index < -0.39 is 23.5 Å². The van der Waals surface area contributed by atoms with Crippen molar-refractivity contribution in [3.05, 3.63) is 71.1 Å². The van der Waals surface area contributed by atoms with Crippen molar-refractivity contribution < 1.29 is 23.4 Å². The average molecular weight is 544 g/mol. The molecule has 3 aliphatic rings. The van der Waals surface area contributed by atoms with Gasteiger partial charge in [-0.05, 0) is 37.6 Å². The van der Waals surface area contributed by atoms with Gasteiger partial charge in [-0.2, -0.15) is 19.1 Å². The number of fused-ring (bicyclic) bond motifs is 9. The highest BCUT2D eigenvalue weighted by Crippen LogP contribution is 2.52. The summed E-state index contributed by atoms with van der Waals surface area (Å²) in [6.07, 6.45) is 4.18. The number of carbonyl (C=O) groups is 1. The minimum Gasteiger partial charge on any atom is -0.434 e. The van der Waals surface area contributed by atoms with Gasteiger partial charge >= 0.3 is 6.61 Å². The Labute approximate surface area is 226 Å². The molecule has 0 spiro atoms. The van der Waals surface area contributed by atoms with Crippen LogP contribution in [-0.4, -0.2) is 59.7 Å². The summed E-state index contributed by atoms with van der Waals surface area (Å²) in [6, 6.07) is 10.1. The second-order valence-corrected chi connectivity index (χ2v) is 11.0. The molecule has 2 bridgehead atoms. The number of imidazole rings is 1. The van der Waals surface area contributed by atoms with Crippen LogP contribution in [0.25, 0.3) is 16.9 Å². The van der Waals surface area contributed by atoms with Gasteiger partial charge in [-0.15, -0.1) is 0 Å². The molecule has 40 heavy (non-hydrogen) atoms. The summed E-state index contributed by atoms with van der Waals surface area (Å²) in [7, 11) is 1.69. The molecule has 4 heterocycles. The molecule has 12 heteroatoms. The predicted octanol–water partition coefficient (Wildman–Crippen LogP) is 3.76. The Balaban J connectivity index is 1.33. The van der Waals surface area contributed by atoms with Crippen LogP contribution in [0.4, 0.5) is 8.78 Å². The number of rotatable bonds is 4. The Morgan fingerprint density at radius 1 is 1.20 bits per heavy atom. The SMILES string of the molecule is CN1C(=O)c2cccc(OC(F)F)c2C2CC1c1nc3ccc(-c4cnc(C5(C#N)CC(C)(O)C5)nc4)nn3c12. The highest BCUT2D eigenvalue weighted by atomic mass is 19.3. The predicted molar refractivity (Wildman–Crippen MR) is 136 cm³/mol. The molecular formula is C28H23F2N7O3. The zero-order valence-corrected chi connectivity index (χ0v) is 21.5. The number of hydrogen-bond acceptors (Lipinski definition) is 8. The first-order valence-corrected chi connectivity index (χ1v) is 12.8. The second-order valence-electron chi connectivity index (χ2n) is 11.0. The lowest BCUT2D eigenvalue weighted by molar-refractivity contribution is -0.0583. The van der Waals surface area contributed by atoms with Crippen molar-refractivity contribution in [2.24, 2.45) is 0 Å². The van der Waals surface area contributed by atoms with Crippen LogP contribution in [0.2, 0.25) is 0 Å². The van der Waals surface area contributed by atoms with E-state index in [4.69, 9.17) is 14.8 Å². The molecule has 2 atom stereocenters. The summed E-state index contributed by atoms with van der Waals surface area (Å²) in [5.41, 5.74) is 1.98.